The third-order valence-electron chi connectivity index (χ3n) is 2.45. The normalized spacial score (nSPS) is 13.0. The van der Waals surface area contributed by atoms with Crippen LogP contribution in [0.2, 0.25) is 5.02 Å². The third-order valence-corrected chi connectivity index (χ3v) is 3.92. The summed E-state index contributed by atoms with van der Waals surface area (Å²) < 4.78 is 0. The first-order valence-corrected chi connectivity index (χ1v) is 7.01. The molecule has 0 aliphatic heterocycles. The van der Waals surface area contributed by atoms with Crippen molar-refractivity contribution in [3.63, 3.8) is 0 Å². The highest BCUT2D eigenvalue weighted by atomic mass is 35.5. The molecule has 0 fully saturated rings. The summed E-state index contributed by atoms with van der Waals surface area (Å²) in [6.07, 6.45) is 4.87. The van der Waals surface area contributed by atoms with E-state index in [1.807, 2.05) is 6.07 Å². The van der Waals surface area contributed by atoms with Crippen LogP contribution >= 0.6 is 22.9 Å². The zero-order valence-electron chi connectivity index (χ0n) is 9.55. The SMILES string of the molecule is CCCCC(NCCC)c1sccc1Cl. The Kier molecular flexibility index (Phi) is 6.30. The van der Waals surface area contributed by atoms with Crippen molar-refractivity contribution in [3.8, 4) is 0 Å². The number of halogens is 1. The van der Waals surface area contributed by atoms with E-state index in [4.69, 9.17) is 11.6 Å². The van der Waals surface area contributed by atoms with E-state index >= 15 is 0 Å². The fourth-order valence-electron chi connectivity index (χ4n) is 1.61. The van der Waals surface area contributed by atoms with Gasteiger partial charge in [-0.15, -0.1) is 11.3 Å². The zero-order valence-corrected chi connectivity index (χ0v) is 11.1. The summed E-state index contributed by atoms with van der Waals surface area (Å²) in [6.45, 7) is 5.50. The summed E-state index contributed by atoms with van der Waals surface area (Å²) in [6, 6.07) is 2.45. The van der Waals surface area contributed by atoms with Crippen molar-refractivity contribution in [2.24, 2.45) is 0 Å². The summed E-state index contributed by atoms with van der Waals surface area (Å²) in [5.41, 5.74) is 0. The van der Waals surface area contributed by atoms with Crippen molar-refractivity contribution in [1.29, 1.82) is 0 Å². The van der Waals surface area contributed by atoms with Crippen LogP contribution in [0.1, 0.15) is 50.4 Å². The Labute approximate surface area is 102 Å². The Bertz CT molecular complexity index is 264. The summed E-state index contributed by atoms with van der Waals surface area (Å²) in [5, 5.41) is 6.57. The Morgan fingerprint density at radius 1 is 1.40 bits per heavy atom. The van der Waals surface area contributed by atoms with Gasteiger partial charge in [0.25, 0.3) is 0 Å². The highest BCUT2D eigenvalue weighted by Crippen LogP contribution is 2.31. The molecule has 1 aromatic rings. The lowest BCUT2D eigenvalue weighted by molar-refractivity contribution is 0.488. The quantitative estimate of drug-likeness (QED) is 0.739. The molecule has 1 rings (SSSR count). The molecule has 1 heterocycles. The van der Waals surface area contributed by atoms with Gasteiger partial charge in [-0.1, -0.05) is 38.3 Å². The van der Waals surface area contributed by atoms with Crippen molar-refractivity contribution in [1.82, 2.24) is 5.32 Å². The molecule has 0 aliphatic rings. The smallest absolute Gasteiger partial charge is 0.0561 e. The van der Waals surface area contributed by atoms with E-state index < -0.39 is 0 Å². The summed E-state index contributed by atoms with van der Waals surface area (Å²) in [7, 11) is 0. The van der Waals surface area contributed by atoms with Crippen molar-refractivity contribution in [3.05, 3.63) is 21.3 Å². The minimum Gasteiger partial charge on any atom is -0.309 e. The van der Waals surface area contributed by atoms with E-state index in [0.717, 1.165) is 11.6 Å². The van der Waals surface area contributed by atoms with Crippen LogP contribution in [0.3, 0.4) is 0 Å². The lowest BCUT2D eigenvalue weighted by atomic mass is 10.1. The maximum Gasteiger partial charge on any atom is 0.0561 e. The van der Waals surface area contributed by atoms with Gasteiger partial charge in [0, 0.05) is 10.9 Å². The first-order chi connectivity index (χ1) is 7.29. The highest BCUT2D eigenvalue weighted by Gasteiger charge is 2.14. The van der Waals surface area contributed by atoms with Gasteiger partial charge in [-0.3, -0.25) is 0 Å². The maximum absolute atomic E-state index is 6.16. The van der Waals surface area contributed by atoms with Crippen LogP contribution in [0.5, 0.6) is 0 Å². The molecule has 0 amide bonds. The highest BCUT2D eigenvalue weighted by molar-refractivity contribution is 7.10. The first-order valence-electron chi connectivity index (χ1n) is 5.75. The van der Waals surface area contributed by atoms with Crippen LogP contribution in [0.15, 0.2) is 11.4 Å². The molecule has 1 N–H and O–H groups in total. The molecule has 0 saturated heterocycles. The fraction of sp³-hybridized carbons (Fsp3) is 0.667. The van der Waals surface area contributed by atoms with Crippen LogP contribution in [0.4, 0.5) is 0 Å². The predicted molar refractivity (Wildman–Crippen MR) is 69.9 cm³/mol. The van der Waals surface area contributed by atoms with Crippen LogP contribution in [-0.4, -0.2) is 6.54 Å². The Balaban J connectivity index is 2.58. The molecule has 1 nitrogen and oxygen atoms in total. The molecule has 1 aromatic heterocycles. The molecule has 0 aliphatic carbocycles. The van der Waals surface area contributed by atoms with E-state index in [-0.39, 0.29) is 0 Å². The maximum atomic E-state index is 6.16. The van der Waals surface area contributed by atoms with Crippen LogP contribution in [0, 0.1) is 0 Å². The van der Waals surface area contributed by atoms with Crippen LogP contribution < -0.4 is 5.32 Å². The summed E-state index contributed by atoms with van der Waals surface area (Å²) in [5.74, 6) is 0. The number of unbranched alkanes of at least 4 members (excludes halogenated alkanes) is 1. The lowest BCUT2D eigenvalue weighted by Gasteiger charge is -2.17. The molecule has 0 spiro atoms. The topological polar surface area (TPSA) is 12.0 Å². The average Bonchev–Trinajstić information content (AvgIpc) is 2.65. The van der Waals surface area contributed by atoms with Crippen LogP contribution in [0.25, 0.3) is 0 Å². The minimum absolute atomic E-state index is 0.456. The van der Waals surface area contributed by atoms with E-state index in [1.165, 1.54) is 30.6 Å². The number of hydrogen-bond acceptors (Lipinski definition) is 2. The van der Waals surface area contributed by atoms with Gasteiger partial charge in [0.1, 0.15) is 0 Å². The van der Waals surface area contributed by atoms with Gasteiger partial charge >= 0.3 is 0 Å². The lowest BCUT2D eigenvalue weighted by Crippen LogP contribution is -2.21. The largest absolute Gasteiger partial charge is 0.309 e. The molecule has 0 radical (unpaired) electrons. The van der Waals surface area contributed by atoms with Crippen LogP contribution in [-0.2, 0) is 0 Å². The van der Waals surface area contributed by atoms with Crippen molar-refractivity contribution >= 4 is 22.9 Å². The summed E-state index contributed by atoms with van der Waals surface area (Å²) in [4.78, 5) is 1.30. The second-order valence-corrected chi connectivity index (χ2v) is 5.14. The first kappa shape index (κ1) is 13.0. The molecule has 1 unspecified atom stereocenters. The average molecular weight is 246 g/mol. The van der Waals surface area contributed by atoms with Gasteiger partial charge in [-0.25, -0.2) is 0 Å². The van der Waals surface area contributed by atoms with E-state index in [9.17, 15) is 0 Å². The monoisotopic (exact) mass is 245 g/mol. The van der Waals surface area contributed by atoms with Crippen molar-refractivity contribution in [2.75, 3.05) is 6.54 Å². The Hall–Kier alpha value is -0.0500. The third kappa shape index (κ3) is 4.13. The predicted octanol–water partition coefficient (Wildman–Crippen LogP) is 4.63. The molecule has 0 aromatic carbocycles. The van der Waals surface area contributed by atoms with Crippen molar-refractivity contribution < 1.29 is 0 Å². The second-order valence-electron chi connectivity index (χ2n) is 3.78. The molecule has 3 heteroatoms. The molecular formula is C12H20ClNS. The zero-order chi connectivity index (χ0) is 11.1. The molecule has 15 heavy (non-hydrogen) atoms. The summed E-state index contributed by atoms with van der Waals surface area (Å²) >= 11 is 7.93. The number of thiophene rings is 1. The standard InChI is InChI=1S/C12H20ClNS/c1-3-5-6-11(14-8-4-2)12-10(13)7-9-15-12/h7,9,11,14H,3-6,8H2,1-2H3. The van der Waals surface area contributed by atoms with E-state index in [1.54, 1.807) is 11.3 Å². The Morgan fingerprint density at radius 2 is 2.20 bits per heavy atom. The molecule has 1 atom stereocenters. The number of hydrogen-bond donors (Lipinski definition) is 1. The van der Waals surface area contributed by atoms with Crippen molar-refractivity contribution in [2.45, 2.75) is 45.6 Å². The molecule has 0 saturated carbocycles. The number of rotatable bonds is 7. The van der Waals surface area contributed by atoms with Gasteiger partial charge in [0.2, 0.25) is 0 Å². The Morgan fingerprint density at radius 3 is 2.73 bits per heavy atom. The van der Waals surface area contributed by atoms with Gasteiger partial charge in [0.05, 0.1) is 5.02 Å². The fourth-order valence-corrected chi connectivity index (χ4v) is 2.91. The van der Waals surface area contributed by atoms with E-state index in [0.29, 0.717) is 6.04 Å². The molecule has 0 bridgehead atoms. The number of nitrogens with one attached hydrogen (secondary N) is 1. The minimum atomic E-state index is 0.456. The van der Waals surface area contributed by atoms with Gasteiger partial charge in [-0.2, -0.15) is 0 Å². The van der Waals surface area contributed by atoms with Gasteiger partial charge in [-0.05, 0) is 30.8 Å². The molecular weight excluding hydrogens is 226 g/mol. The van der Waals surface area contributed by atoms with E-state index in [2.05, 4.69) is 24.5 Å². The second kappa shape index (κ2) is 7.26. The van der Waals surface area contributed by atoms with Gasteiger partial charge < -0.3 is 5.32 Å². The van der Waals surface area contributed by atoms with Gasteiger partial charge in [0.15, 0.2) is 0 Å². The molecule has 86 valence electrons.